The molecule has 1 atom stereocenters. The highest BCUT2D eigenvalue weighted by Crippen LogP contribution is 2.25. The quantitative estimate of drug-likeness (QED) is 0.853. The van der Waals surface area contributed by atoms with Gasteiger partial charge in [-0.15, -0.1) is 0 Å². The molecule has 1 amide bonds. The summed E-state index contributed by atoms with van der Waals surface area (Å²) in [7, 11) is 0. The predicted octanol–water partition coefficient (Wildman–Crippen LogP) is 2.49. The van der Waals surface area contributed by atoms with Gasteiger partial charge < -0.3 is 19.4 Å². The van der Waals surface area contributed by atoms with Crippen molar-refractivity contribution in [3.63, 3.8) is 0 Å². The van der Waals surface area contributed by atoms with Gasteiger partial charge in [-0.3, -0.25) is 9.78 Å². The fourth-order valence-corrected chi connectivity index (χ4v) is 4.13. The lowest BCUT2D eigenvalue weighted by atomic mass is 9.95. The number of ether oxygens (including phenoxy) is 1. The zero-order chi connectivity index (χ0) is 20.2. The minimum Gasteiger partial charge on any atom is -0.490 e. The Kier molecular flexibility index (Phi) is 5.94. The molecule has 0 saturated carbocycles. The molecule has 7 heteroatoms. The fourth-order valence-electron chi connectivity index (χ4n) is 4.13. The van der Waals surface area contributed by atoms with Gasteiger partial charge in [0.2, 0.25) is 0 Å². The van der Waals surface area contributed by atoms with Gasteiger partial charge in [-0.2, -0.15) is 0 Å². The molecule has 2 aromatic heterocycles. The lowest BCUT2D eigenvalue weighted by Gasteiger charge is -2.32. The molecule has 2 fully saturated rings. The van der Waals surface area contributed by atoms with E-state index in [0.717, 1.165) is 44.5 Å². The van der Waals surface area contributed by atoms with Crippen LogP contribution >= 0.6 is 0 Å². The van der Waals surface area contributed by atoms with Crippen LogP contribution in [0.25, 0.3) is 0 Å². The van der Waals surface area contributed by atoms with Gasteiger partial charge in [0.15, 0.2) is 0 Å². The largest absolute Gasteiger partial charge is 0.490 e. The van der Waals surface area contributed by atoms with Gasteiger partial charge in [0, 0.05) is 50.8 Å². The molecule has 29 heavy (non-hydrogen) atoms. The summed E-state index contributed by atoms with van der Waals surface area (Å²) in [6.45, 7) is 4.74. The lowest BCUT2D eigenvalue weighted by molar-refractivity contribution is 0.0590. The Morgan fingerprint density at radius 2 is 2.00 bits per heavy atom. The third-order valence-electron chi connectivity index (χ3n) is 5.76. The van der Waals surface area contributed by atoms with E-state index in [4.69, 9.17) is 9.15 Å². The second kappa shape index (κ2) is 8.78. The fraction of sp³-hybridized carbons (Fsp3) is 0.500. The molecule has 154 valence electrons. The molecule has 0 aromatic carbocycles. The molecule has 4 rings (SSSR count). The van der Waals surface area contributed by atoms with Crippen molar-refractivity contribution in [2.24, 2.45) is 0 Å². The Labute approximate surface area is 170 Å². The van der Waals surface area contributed by atoms with E-state index in [0.29, 0.717) is 24.4 Å². The van der Waals surface area contributed by atoms with Gasteiger partial charge in [0.25, 0.3) is 5.91 Å². The number of hydrogen-bond donors (Lipinski definition) is 1. The molecule has 0 spiro atoms. The molecule has 0 aliphatic carbocycles. The standard InChI is InChI=1S/C22H27N3O4/c1-15-13-19(16-3-2-8-24-14-16)29-22(27)20(15)21(26)25-11-6-18(7-12-25)28-17-4-9-23-10-5-17/h4-5,9-10,13,16,18,24H,2-3,6-8,11-12,14H2,1H3. The summed E-state index contributed by atoms with van der Waals surface area (Å²) in [4.78, 5) is 31.3. The molecule has 0 radical (unpaired) electrons. The van der Waals surface area contributed by atoms with Crippen LogP contribution < -0.4 is 15.7 Å². The number of nitrogens with one attached hydrogen (secondary N) is 1. The molecule has 0 bridgehead atoms. The predicted molar refractivity (Wildman–Crippen MR) is 108 cm³/mol. The molecule has 4 heterocycles. The number of rotatable bonds is 4. The molecular weight excluding hydrogens is 370 g/mol. The maximum Gasteiger partial charge on any atom is 0.349 e. The number of carbonyl (C=O) groups excluding carboxylic acids is 1. The van der Waals surface area contributed by atoms with E-state index in [9.17, 15) is 9.59 Å². The van der Waals surface area contributed by atoms with Crippen LogP contribution in [0.15, 0.2) is 39.8 Å². The van der Waals surface area contributed by atoms with E-state index in [2.05, 4.69) is 10.3 Å². The third-order valence-corrected chi connectivity index (χ3v) is 5.76. The van der Waals surface area contributed by atoms with E-state index < -0.39 is 5.63 Å². The van der Waals surface area contributed by atoms with Crippen molar-refractivity contribution < 1.29 is 13.9 Å². The molecule has 2 saturated heterocycles. The Balaban J connectivity index is 1.41. The number of pyridine rings is 1. The zero-order valence-corrected chi connectivity index (χ0v) is 16.7. The number of aryl methyl sites for hydroxylation is 1. The number of aromatic nitrogens is 1. The Bertz CT molecular complexity index is 898. The minimum absolute atomic E-state index is 0.0557. The summed E-state index contributed by atoms with van der Waals surface area (Å²) in [6, 6.07) is 5.52. The van der Waals surface area contributed by atoms with Crippen molar-refractivity contribution >= 4 is 5.91 Å². The van der Waals surface area contributed by atoms with Crippen molar-refractivity contribution in [2.45, 2.75) is 44.6 Å². The normalized spacial score (nSPS) is 20.4. The SMILES string of the molecule is Cc1cc(C2CCCNC2)oc(=O)c1C(=O)N1CCC(Oc2ccncc2)CC1. The Morgan fingerprint density at radius 1 is 1.24 bits per heavy atom. The summed E-state index contributed by atoms with van der Waals surface area (Å²) >= 11 is 0. The van der Waals surface area contributed by atoms with Crippen LogP contribution in [-0.4, -0.2) is 48.1 Å². The van der Waals surface area contributed by atoms with Crippen molar-refractivity contribution in [1.82, 2.24) is 15.2 Å². The first-order valence-corrected chi connectivity index (χ1v) is 10.3. The number of likely N-dealkylation sites (tertiary alicyclic amines) is 1. The van der Waals surface area contributed by atoms with E-state index in [1.165, 1.54) is 0 Å². The molecule has 1 N–H and O–H groups in total. The topological polar surface area (TPSA) is 84.7 Å². The van der Waals surface area contributed by atoms with Gasteiger partial charge in [-0.25, -0.2) is 4.79 Å². The average molecular weight is 397 g/mol. The molecule has 2 aliphatic rings. The highest BCUT2D eigenvalue weighted by Gasteiger charge is 2.29. The van der Waals surface area contributed by atoms with Crippen LogP contribution in [0, 0.1) is 6.92 Å². The molecule has 2 aliphatic heterocycles. The summed E-state index contributed by atoms with van der Waals surface area (Å²) in [5.74, 6) is 1.42. The number of carbonyl (C=O) groups is 1. The van der Waals surface area contributed by atoms with Crippen molar-refractivity contribution in [2.75, 3.05) is 26.2 Å². The molecule has 7 nitrogen and oxygen atoms in total. The first-order chi connectivity index (χ1) is 14.1. The molecule has 2 aromatic rings. The number of piperidine rings is 2. The number of amides is 1. The second-order valence-corrected chi connectivity index (χ2v) is 7.83. The summed E-state index contributed by atoms with van der Waals surface area (Å²) in [6.07, 6.45) is 6.96. The van der Waals surface area contributed by atoms with E-state index in [-0.39, 0.29) is 23.5 Å². The number of hydrogen-bond acceptors (Lipinski definition) is 6. The van der Waals surface area contributed by atoms with Crippen LogP contribution in [0.2, 0.25) is 0 Å². The van der Waals surface area contributed by atoms with Crippen molar-refractivity contribution in [3.05, 3.63) is 57.9 Å². The first kappa shape index (κ1) is 19.6. The molecular formula is C22H27N3O4. The highest BCUT2D eigenvalue weighted by molar-refractivity contribution is 5.95. The lowest BCUT2D eigenvalue weighted by Crippen LogP contribution is -2.43. The van der Waals surface area contributed by atoms with E-state index >= 15 is 0 Å². The van der Waals surface area contributed by atoms with Crippen molar-refractivity contribution in [1.29, 1.82) is 0 Å². The highest BCUT2D eigenvalue weighted by atomic mass is 16.5. The van der Waals surface area contributed by atoms with Gasteiger partial charge in [0.05, 0.1) is 0 Å². The van der Waals surface area contributed by atoms with Gasteiger partial charge in [-0.05, 0) is 50.1 Å². The monoisotopic (exact) mass is 397 g/mol. The smallest absolute Gasteiger partial charge is 0.349 e. The van der Waals surface area contributed by atoms with E-state index in [1.807, 2.05) is 25.1 Å². The average Bonchev–Trinajstić information content (AvgIpc) is 2.75. The maximum absolute atomic E-state index is 13.0. The van der Waals surface area contributed by atoms with Gasteiger partial charge in [0.1, 0.15) is 23.2 Å². The van der Waals surface area contributed by atoms with Crippen molar-refractivity contribution in [3.8, 4) is 5.75 Å². The maximum atomic E-state index is 13.0. The van der Waals surface area contributed by atoms with Crippen LogP contribution in [0.1, 0.15) is 53.3 Å². The summed E-state index contributed by atoms with van der Waals surface area (Å²) in [5.41, 5.74) is 0.332. The second-order valence-electron chi connectivity index (χ2n) is 7.83. The first-order valence-electron chi connectivity index (χ1n) is 10.3. The van der Waals surface area contributed by atoms with Gasteiger partial charge in [-0.1, -0.05) is 0 Å². The van der Waals surface area contributed by atoms with Crippen LogP contribution in [0.5, 0.6) is 5.75 Å². The number of nitrogens with zero attached hydrogens (tertiary/aromatic N) is 2. The summed E-state index contributed by atoms with van der Waals surface area (Å²) in [5, 5.41) is 3.33. The van der Waals surface area contributed by atoms with E-state index in [1.54, 1.807) is 17.3 Å². The Hall–Kier alpha value is -2.67. The van der Waals surface area contributed by atoms with Crippen LogP contribution in [0.3, 0.4) is 0 Å². The van der Waals surface area contributed by atoms with Crippen LogP contribution in [-0.2, 0) is 0 Å². The Morgan fingerprint density at radius 3 is 2.66 bits per heavy atom. The van der Waals surface area contributed by atoms with Crippen LogP contribution in [0.4, 0.5) is 0 Å². The van der Waals surface area contributed by atoms with Gasteiger partial charge >= 0.3 is 5.63 Å². The zero-order valence-electron chi connectivity index (χ0n) is 16.7. The molecule has 1 unspecified atom stereocenters. The summed E-state index contributed by atoms with van der Waals surface area (Å²) < 4.78 is 11.5. The third kappa shape index (κ3) is 4.50. The minimum atomic E-state index is -0.522.